The van der Waals surface area contributed by atoms with E-state index in [2.05, 4.69) is 0 Å². The van der Waals surface area contributed by atoms with Crippen LogP contribution in [0.1, 0.15) is 20.8 Å². The summed E-state index contributed by atoms with van der Waals surface area (Å²) in [5.41, 5.74) is 0. The highest BCUT2D eigenvalue weighted by Crippen LogP contribution is 2.15. The van der Waals surface area contributed by atoms with Gasteiger partial charge in [0.1, 0.15) is 0 Å². The largest absolute Gasteiger partial charge is 0.504 e. The summed E-state index contributed by atoms with van der Waals surface area (Å²) in [5.74, 6) is 0. The zero-order valence-electron chi connectivity index (χ0n) is 9.00. The Morgan fingerprint density at radius 2 is 1.69 bits per heavy atom. The molecule has 0 rings (SSSR count). The maximum absolute atomic E-state index is 5.56. The zero-order chi connectivity index (χ0) is 10.2. The molecule has 13 heavy (non-hydrogen) atoms. The molecule has 0 heterocycles. The van der Waals surface area contributed by atoms with Crippen molar-refractivity contribution in [2.24, 2.45) is 0 Å². The van der Waals surface area contributed by atoms with Gasteiger partial charge in [-0.2, -0.15) is 0 Å². The predicted molar refractivity (Wildman–Crippen MR) is 55.6 cm³/mol. The molecule has 0 saturated carbocycles. The molecule has 0 radical (unpaired) electrons. The zero-order valence-corrected chi connectivity index (χ0v) is 10.0. The Labute approximate surface area is 82.1 Å². The number of allylic oxidation sites excluding steroid dienone is 2. The molecule has 0 aromatic rings. The summed E-state index contributed by atoms with van der Waals surface area (Å²) in [6, 6.07) is 0.752. The highest BCUT2D eigenvalue weighted by Gasteiger charge is 2.37. The highest BCUT2D eigenvalue weighted by molar-refractivity contribution is 6.61. The third-order valence-corrected chi connectivity index (χ3v) is 4.46. The quantitative estimate of drug-likeness (QED) is 0.470. The lowest BCUT2D eigenvalue weighted by Crippen LogP contribution is -2.44. The van der Waals surface area contributed by atoms with Gasteiger partial charge in [0.05, 0.1) is 0 Å². The molecule has 0 unspecified atom stereocenters. The maximum Gasteiger partial charge on any atom is 0.504 e. The molecule has 0 aromatic carbocycles. The smallest absolute Gasteiger partial charge is 0.377 e. The van der Waals surface area contributed by atoms with E-state index in [1.165, 1.54) is 0 Å². The monoisotopic (exact) mass is 204 g/mol. The fourth-order valence-electron chi connectivity index (χ4n) is 1.06. The van der Waals surface area contributed by atoms with Crippen molar-refractivity contribution in [3.63, 3.8) is 0 Å². The van der Waals surface area contributed by atoms with Crippen molar-refractivity contribution in [1.29, 1.82) is 0 Å². The van der Waals surface area contributed by atoms with Crippen LogP contribution in [0.3, 0.4) is 0 Å². The Kier molecular flexibility index (Phi) is 7.17. The summed E-state index contributed by atoms with van der Waals surface area (Å²) in [6.45, 7) is 7.16. The first-order valence-electron chi connectivity index (χ1n) is 4.68. The minimum atomic E-state index is -2.38. The summed E-state index contributed by atoms with van der Waals surface area (Å²) in [4.78, 5) is 0. The van der Waals surface area contributed by atoms with Gasteiger partial charge in [-0.3, -0.25) is 0 Å². The molecule has 0 saturated heterocycles. The van der Waals surface area contributed by atoms with Gasteiger partial charge in [-0.1, -0.05) is 12.2 Å². The van der Waals surface area contributed by atoms with Gasteiger partial charge in [-0.25, -0.2) is 0 Å². The Hall–Kier alpha value is -0.163. The average molecular weight is 204 g/mol. The molecule has 0 bridgehead atoms. The Bertz CT molecular complexity index is 142. The van der Waals surface area contributed by atoms with Crippen LogP contribution in [0.15, 0.2) is 12.2 Å². The van der Waals surface area contributed by atoms with Crippen LogP contribution in [0.5, 0.6) is 0 Å². The standard InChI is InChI=1S/C9H20O3Si/c1-5-8-9-13(10-4,11-6-2)12-7-3/h5,8H,6-7,9H2,1-4H3. The summed E-state index contributed by atoms with van der Waals surface area (Å²) < 4.78 is 16.5. The normalized spacial score (nSPS) is 12.6. The van der Waals surface area contributed by atoms with E-state index in [1.807, 2.05) is 32.9 Å². The second-order valence-corrected chi connectivity index (χ2v) is 5.29. The minimum Gasteiger partial charge on any atom is -0.377 e. The van der Waals surface area contributed by atoms with Gasteiger partial charge in [0, 0.05) is 26.4 Å². The van der Waals surface area contributed by atoms with Crippen LogP contribution in [-0.4, -0.2) is 29.1 Å². The number of hydrogen-bond acceptors (Lipinski definition) is 3. The van der Waals surface area contributed by atoms with Gasteiger partial charge in [0.25, 0.3) is 0 Å². The van der Waals surface area contributed by atoms with E-state index < -0.39 is 8.80 Å². The van der Waals surface area contributed by atoms with Crippen molar-refractivity contribution in [3.05, 3.63) is 12.2 Å². The van der Waals surface area contributed by atoms with Crippen LogP contribution in [0.25, 0.3) is 0 Å². The Balaban J connectivity index is 4.24. The van der Waals surface area contributed by atoms with Crippen LogP contribution in [0, 0.1) is 0 Å². The molecular formula is C9H20O3Si. The van der Waals surface area contributed by atoms with Crippen molar-refractivity contribution in [2.45, 2.75) is 26.8 Å². The van der Waals surface area contributed by atoms with Crippen LogP contribution < -0.4 is 0 Å². The summed E-state index contributed by atoms with van der Waals surface area (Å²) in [5, 5.41) is 0. The molecule has 0 atom stereocenters. The first kappa shape index (κ1) is 12.8. The van der Waals surface area contributed by atoms with Gasteiger partial charge in [-0.05, 0) is 20.8 Å². The molecule has 0 amide bonds. The molecule has 0 aliphatic rings. The van der Waals surface area contributed by atoms with E-state index in [0.717, 1.165) is 6.04 Å². The van der Waals surface area contributed by atoms with E-state index in [-0.39, 0.29) is 0 Å². The van der Waals surface area contributed by atoms with E-state index in [9.17, 15) is 0 Å². The summed E-state index contributed by atoms with van der Waals surface area (Å²) in [7, 11) is -0.723. The molecule has 0 aliphatic heterocycles. The lowest BCUT2D eigenvalue weighted by atomic mass is 10.6. The second kappa shape index (κ2) is 7.26. The molecule has 78 valence electrons. The average Bonchev–Trinajstić information content (AvgIpc) is 2.15. The van der Waals surface area contributed by atoms with E-state index in [0.29, 0.717) is 13.2 Å². The fraction of sp³-hybridized carbons (Fsp3) is 0.778. The van der Waals surface area contributed by atoms with Crippen LogP contribution >= 0.6 is 0 Å². The van der Waals surface area contributed by atoms with Gasteiger partial charge >= 0.3 is 8.80 Å². The van der Waals surface area contributed by atoms with Gasteiger partial charge in [0.15, 0.2) is 0 Å². The van der Waals surface area contributed by atoms with Gasteiger partial charge in [-0.15, -0.1) is 0 Å². The number of hydrogen-bond donors (Lipinski definition) is 0. The van der Waals surface area contributed by atoms with Crippen molar-refractivity contribution in [3.8, 4) is 0 Å². The molecule has 0 N–H and O–H groups in total. The van der Waals surface area contributed by atoms with Crippen molar-refractivity contribution >= 4 is 8.80 Å². The van der Waals surface area contributed by atoms with Crippen molar-refractivity contribution < 1.29 is 13.3 Å². The van der Waals surface area contributed by atoms with Crippen molar-refractivity contribution in [1.82, 2.24) is 0 Å². The highest BCUT2D eigenvalue weighted by atomic mass is 28.4. The van der Waals surface area contributed by atoms with Crippen LogP contribution in [-0.2, 0) is 13.3 Å². The van der Waals surface area contributed by atoms with Gasteiger partial charge in [0.2, 0.25) is 0 Å². The molecule has 0 fully saturated rings. The molecule has 0 spiro atoms. The third kappa shape index (κ3) is 4.57. The molecule has 0 aromatic heterocycles. The van der Waals surface area contributed by atoms with Gasteiger partial charge < -0.3 is 13.3 Å². The molecule has 4 heteroatoms. The molecule has 0 aliphatic carbocycles. The Morgan fingerprint density at radius 3 is 2.00 bits per heavy atom. The summed E-state index contributed by atoms with van der Waals surface area (Å²) in [6.07, 6.45) is 4.01. The SMILES string of the molecule is CC=CC[Si](OC)(OCC)OCC. The van der Waals surface area contributed by atoms with E-state index in [4.69, 9.17) is 13.3 Å². The molecular weight excluding hydrogens is 184 g/mol. The lowest BCUT2D eigenvalue weighted by molar-refractivity contribution is 0.0897. The maximum atomic E-state index is 5.56. The Morgan fingerprint density at radius 1 is 1.15 bits per heavy atom. The second-order valence-electron chi connectivity index (χ2n) is 2.53. The third-order valence-electron chi connectivity index (χ3n) is 1.64. The first-order valence-corrected chi connectivity index (χ1v) is 6.62. The topological polar surface area (TPSA) is 27.7 Å². The molecule has 3 nitrogen and oxygen atoms in total. The lowest BCUT2D eigenvalue weighted by Gasteiger charge is -2.25. The van der Waals surface area contributed by atoms with Crippen LogP contribution in [0.4, 0.5) is 0 Å². The first-order chi connectivity index (χ1) is 6.24. The van der Waals surface area contributed by atoms with E-state index >= 15 is 0 Å². The van der Waals surface area contributed by atoms with E-state index in [1.54, 1.807) is 7.11 Å². The van der Waals surface area contributed by atoms with Crippen LogP contribution in [0.2, 0.25) is 6.04 Å². The minimum absolute atomic E-state index is 0.637. The summed E-state index contributed by atoms with van der Waals surface area (Å²) >= 11 is 0. The predicted octanol–water partition coefficient (Wildman–Crippen LogP) is 2.22. The fourth-order valence-corrected chi connectivity index (χ4v) is 3.19. The number of rotatable bonds is 7. The van der Waals surface area contributed by atoms with Crippen molar-refractivity contribution in [2.75, 3.05) is 20.3 Å².